The number of hydrogen-bond acceptors (Lipinski definition) is 5. The third kappa shape index (κ3) is 4.03. The van der Waals surface area contributed by atoms with E-state index in [2.05, 4.69) is 27.3 Å². The van der Waals surface area contributed by atoms with E-state index < -0.39 is 0 Å². The minimum Gasteiger partial charge on any atom is -0.356 e. The highest BCUT2D eigenvalue weighted by atomic mass is 16.5. The Morgan fingerprint density at radius 1 is 1.40 bits per heavy atom. The number of nitrogens with zero attached hydrogens (tertiary/aromatic N) is 3. The Morgan fingerprint density at radius 3 is 2.75 bits per heavy atom. The van der Waals surface area contributed by atoms with Crippen molar-refractivity contribution in [3.63, 3.8) is 0 Å². The summed E-state index contributed by atoms with van der Waals surface area (Å²) in [6.45, 7) is 7.37. The molecule has 6 heteroatoms. The summed E-state index contributed by atoms with van der Waals surface area (Å²) in [4.78, 5) is 18.5. The van der Waals surface area contributed by atoms with Gasteiger partial charge in [0.25, 0.3) is 0 Å². The molecule has 6 nitrogen and oxygen atoms in total. The second-order valence-electron chi connectivity index (χ2n) is 5.30. The maximum absolute atomic E-state index is 11.9. The van der Waals surface area contributed by atoms with Gasteiger partial charge in [-0.2, -0.15) is 4.98 Å². The zero-order valence-electron chi connectivity index (χ0n) is 12.4. The number of carbonyl (C=O) groups is 1. The number of nitrogens with one attached hydrogen (secondary N) is 1. The lowest BCUT2D eigenvalue weighted by Crippen LogP contribution is -2.40. The lowest BCUT2D eigenvalue weighted by atomic mass is 9.96. The van der Waals surface area contributed by atoms with Gasteiger partial charge in [-0.25, -0.2) is 0 Å². The average Bonchev–Trinajstić information content (AvgIpc) is 2.93. The van der Waals surface area contributed by atoms with Crippen LogP contribution in [0.25, 0.3) is 0 Å². The molecule has 1 amide bonds. The van der Waals surface area contributed by atoms with E-state index in [4.69, 9.17) is 4.52 Å². The summed E-state index contributed by atoms with van der Waals surface area (Å²) in [6, 6.07) is 0. The number of likely N-dealkylation sites (tertiary alicyclic amines) is 1. The van der Waals surface area contributed by atoms with Gasteiger partial charge < -0.3 is 9.84 Å². The monoisotopic (exact) mass is 280 g/mol. The molecule has 1 fully saturated rings. The van der Waals surface area contributed by atoms with Gasteiger partial charge in [0, 0.05) is 18.9 Å². The van der Waals surface area contributed by atoms with E-state index in [-0.39, 0.29) is 11.8 Å². The Bertz CT molecular complexity index is 425. The van der Waals surface area contributed by atoms with E-state index in [1.54, 1.807) is 0 Å². The van der Waals surface area contributed by atoms with Crippen LogP contribution < -0.4 is 5.32 Å². The van der Waals surface area contributed by atoms with Crippen molar-refractivity contribution in [1.82, 2.24) is 20.4 Å². The van der Waals surface area contributed by atoms with Gasteiger partial charge in [-0.3, -0.25) is 9.69 Å². The van der Waals surface area contributed by atoms with Gasteiger partial charge in [-0.1, -0.05) is 19.0 Å². The van der Waals surface area contributed by atoms with Gasteiger partial charge >= 0.3 is 0 Å². The van der Waals surface area contributed by atoms with Gasteiger partial charge in [0.15, 0.2) is 5.82 Å². The smallest absolute Gasteiger partial charge is 0.240 e. The highest BCUT2D eigenvalue weighted by molar-refractivity contribution is 5.78. The van der Waals surface area contributed by atoms with Crippen LogP contribution in [0.3, 0.4) is 0 Å². The first-order chi connectivity index (χ1) is 9.72. The molecule has 0 atom stereocenters. The van der Waals surface area contributed by atoms with Crippen LogP contribution in [0.2, 0.25) is 0 Å². The molecule has 2 rings (SSSR count). The third-order valence-electron chi connectivity index (χ3n) is 3.69. The summed E-state index contributed by atoms with van der Waals surface area (Å²) >= 11 is 0. The Balaban J connectivity index is 1.75. The zero-order valence-corrected chi connectivity index (χ0v) is 12.4. The van der Waals surface area contributed by atoms with Crippen molar-refractivity contribution >= 4 is 5.91 Å². The van der Waals surface area contributed by atoms with Crippen LogP contribution in [0, 0.1) is 5.92 Å². The van der Waals surface area contributed by atoms with E-state index in [1.807, 2.05) is 6.92 Å². The molecule has 1 saturated heterocycles. The Labute approximate surface area is 119 Å². The summed E-state index contributed by atoms with van der Waals surface area (Å²) < 4.78 is 5.20. The molecule has 0 saturated carbocycles. The molecule has 1 aliphatic rings. The molecule has 1 aromatic heterocycles. The van der Waals surface area contributed by atoms with Crippen LogP contribution in [0.5, 0.6) is 0 Å². The zero-order chi connectivity index (χ0) is 14.4. The lowest BCUT2D eigenvalue weighted by Gasteiger charge is -2.30. The van der Waals surface area contributed by atoms with Crippen LogP contribution >= 0.6 is 0 Å². The predicted octanol–water partition coefficient (Wildman–Crippen LogP) is 1.37. The van der Waals surface area contributed by atoms with E-state index in [1.165, 1.54) is 0 Å². The van der Waals surface area contributed by atoms with Crippen LogP contribution in [-0.4, -0.2) is 40.6 Å². The normalized spacial score (nSPS) is 17.3. The van der Waals surface area contributed by atoms with Crippen molar-refractivity contribution in [2.45, 2.75) is 46.1 Å². The highest BCUT2D eigenvalue weighted by Gasteiger charge is 2.25. The molecule has 1 aliphatic heterocycles. The topological polar surface area (TPSA) is 71.3 Å². The van der Waals surface area contributed by atoms with Crippen molar-refractivity contribution in [2.24, 2.45) is 5.92 Å². The van der Waals surface area contributed by atoms with Gasteiger partial charge in [0.1, 0.15) is 0 Å². The summed E-state index contributed by atoms with van der Waals surface area (Å²) in [7, 11) is 0. The summed E-state index contributed by atoms with van der Waals surface area (Å²) in [5.74, 6) is 1.80. The Morgan fingerprint density at radius 2 is 2.15 bits per heavy atom. The summed E-state index contributed by atoms with van der Waals surface area (Å²) in [5, 5.41) is 6.88. The van der Waals surface area contributed by atoms with Crippen LogP contribution in [0.4, 0.5) is 0 Å². The second-order valence-corrected chi connectivity index (χ2v) is 5.30. The number of carbonyl (C=O) groups excluding carboxylic acids is 1. The van der Waals surface area contributed by atoms with Gasteiger partial charge in [-0.15, -0.1) is 0 Å². The Hall–Kier alpha value is -1.43. The molecule has 0 unspecified atom stereocenters. The first kappa shape index (κ1) is 15.0. The van der Waals surface area contributed by atoms with Gasteiger partial charge in [0.2, 0.25) is 11.8 Å². The standard InChI is InChI=1S/C14H24N4O2/c1-3-7-15-14(19)11-5-8-18(9-6-11)10-13-16-12(4-2)17-20-13/h11H,3-10H2,1-2H3,(H,15,19). The molecule has 0 bridgehead atoms. The number of hydrogen-bond donors (Lipinski definition) is 1. The molecular formula is C14H24N4O2. The quantitative estimate of drug-likeness (QED) is 0.852. The van der Waals surface area contributed by atoms with Crippen LogP contribution in [-0.2, 0) is 17.8 Å². The minimum atomic E-state index is 0.159. The number of aromatic nitrogens is 2. The van der Waals surface area contributed by atoms with Crippen LogP contribution in [0.15, 0.2) is 4.52 Å². The third-order valence-corrected chi connectivity index (χ3v) is 3.69. The van der Waals surface area contributed by atoms with Gasteiger partial charge in [-0.05, 0) is 32.4 Å². The molecular weight excluding hydrogens is 256 g/mol. The van der Waals surface area contributed by atoms with Crippen molar-refractivity contribution in [3.05, 3.63) is 11.7 Å². The van der Waals surface area contributed by atoms with Crippen LogP contribution in [0.1, 0.15) is 44.8 Å². The number of amides is 1. The van der Waals surface area contributed by atoms with Gasteiger partial charge in [0.05, 0.1) is 6.54 Å². The number of aryl methyl sites for hydroxylation is 1. The van der Waals surface area contributed by atoms with Crippen molar-refractivity contribution < 1.29 is 9.32 Å². The van der Waals surface area contributed by atoms with Crippen molar-refractivity contribution in [3.8, 4) is 0 Å². The fourth-order valence-corrected chi connectivity index (χ4v) is 2.44. The molecule has 0 aromatic carbocycles. The highest BCUT2D eigenvalue weighted by Crippen LogP contribution is 2.18. The number of piperidine rings is 1. The van der Waals surface area contributed by atoms with E-state index >= 15 is 0 Å². The first-order valence-electron chi connectivity index (χ1n) is 7.54. The molecule has 1 aromatic rings. The van der Waals surface area contributed by atoms with E-state index in [0.717, 1.165) is 51.1 Å². The molecule has 112 valence electrons. The van der Waals surface area contributed by atoms with E-state index in [0.29, 0.717) is 12.4 Å². The maximum Gasteiger partial charge on any atom is 0.240 e. The minimum absolute atomic E-state index is 0.159. The molecule has 1 N–H and O–H groups in total. The second kappa shape index (κ2) is 7.38. The average molecular weight is 280 g/mol. The molecule has 0 aliphatic carbocycles. The summed E-state index contributed by atoms with van der Waals surface area (Å²) in [5.41, 5.74) is 0. The largest absolute Gasteiger partial charge is 0.356 e. The molecule has 0 spiro atoms. The summed E-state index contributed by atoms with van der Waals surface area (Å²) in [6.07, 6.45) is 3.60. The van der Waals surface area contributed by atoms with Crippen molar-refractivity contribution in [2.75, 3.05) is 19.6 Å². The fraction of sp³-hybridized carbons (Fsp3) is 0.786. The Kier molecular flexibility index (Phi) is 5.52. The molecule has 20 heavy (non-hydrogen) atoms. The van der Waals surface area contributed by atoms with E-state index in [9.17, 15) is 4.79 Å². The fourth-order valence-electron chi connectivity index (χ4n) is 2.44. The SMILES string of the molecule is CCCNC(=O)C1CCN(Cc2nc(CC)no2)CC1. The molecule has 2 heterocycles. The number of rotatable bonds is 6. The molecule has 0 radical (unpaired) electrons. The predicted molar refractivity (Wildman–Crippen MR) is 75.0 cm³/mol. The van der Waals surface area contributed by atoms with Crippen molar-refractivity contribution in [1.29, 1.82) is 0 Å². The lowest BCUT2D eigenvalue weighted by molar-refractivity contribution is -0.126. The maximum atomic E-state index is 11.9. The first-order valence-corrected chi connectivity index (χ1v) is 7.54.